The summed E-state index contributed by atoms with van der Waals surface area (Å²) in [6, 6.07) is 0. The van der Waals surface area contributed by atoms with E-state index in [-0.39, 0.29) is 58.9 Å². The van der Waals surface area contributed by atoms with Gasteiger partial charge < -0.3 is 5.32 Å². The third-order valence-electron chi connectivity index (χ3n) is 1.34. The third-order valence-corrected chi connectivity index (χ3v) is 1.34. The van der Waals surface area contributed by atoms with Crippen molar-refractivity contribution in [2.45, 2.75) is 39.5 Å². The molecule has 0 aliphatic heterocycles. The number of hydrogen-bond acceptors (Lipinski definition) is 0. The second kappa shape index (κ2) is 29.2. The zero-order valence-corrected chi connectivity index (χ0v) is 12.4. The largest absolute Gasteiger partial charge is 0.662 e. The fourth-order valence-electron chi connectivity index (χ4n) is 0.652. The second-order valence-electron chi connectivity index (χ2n) is 2.38. The van der Waals surface area contributed by atoms with Crippen LogP contribution in [0, 0.1) is 0 Å². The summed E-state index contributed by atoms with van der Waals surface area (Å²) in [5.41, 5.74) is 0. The fraction of sp³-hybridized carbons (Fsp3) is 1.00. The molecule has 1 nitrogen and oxygen atoms in total. The minimum absolute atomic E-state index is 0. The first-order chi connectivity index (χ1) is 4.41. The summed E-state index contributed by atoms with van der Waals surface area (Å²) in [6.45, 7) is 6.57. The van der Waals surface area contributed by atoms with Crippen molar-refractivity contribution in [1.82, 2.24) is 0 Å². The maximum absolute atomic E-state index is 4.35. The molecule has 0 rings (SSSR count). The van der Waals surface area contributed by atoms with Crippen LogP contribution in [-0.4, -0.2) is 13.1 Å². The van der Waals surface area contributed by atoms with Crippen LogP contribution in [0.3, 0.4) is 0 Å². The summed E-state index contributed by atoms with van der Waals surface area (Å²) in [5, 5.41) is 4.35. The quantitative estimate of drug-likeness (QED) is 0.512. The Kier molecular flexibility index (Phi) is 65.8. The second-order valence-corrected chi connectivity index (χ2v) is 2.38. The Morgan fingerprint density at radius 1 is 0.769 bits per heavy atom. The van der Waals surface area contributed by atoms with Gasteiger partial charge in [0.05, 0.1) is 0 Å². The first kappa shape index (κ1) is 29.3. The van der Waals surface area contributed by atoms with Gasteiger partial charge in [-0.1, -0.05) is 39.5 Å². The maximum Gasteiger partial charge on any atom is 0 e. The average molecular weight is 285 g/mol. The van der Waals surface area contributed by atoms with E-state index in [0.29, 0.717) is 0 Å². The molecular weight excluding hydrogens is 264 g/mol. The Morgan fingerprint density at radius 3 is 1.31 bits per heavy atom. The van der Waals surface area contributed by atoms with Gasteiger partial charge in [0.25, 0.3) is 0 Å². The standard InChI is InChI=1S/C8H18N.3ClH.Ti/c1-3-5-7-9-8-6-4-2;;;;/h3-8H2,1-2H3;3*1H;/q-1;;;;. The van der Waals surface area contributed by atoms with E-state index in [4.69, 9.17) is 0 Å². The number of halogens is 3. The summed E-state index contributed by atoms with van der Waals surface area (Å²) in [7, 11) is 0. The van der Waals surface area contributed by atoms with E-state index in [1.54, 1.807) is 0 Å². The monoisotopic (exact) mass is 284 g/mol. The van der Waals surface area contributed by atoms with Crippen LogP contribution in [0.1, 0.15) is 39.5 Å². The maximum atomic E-state index is 4.35. The molecule has 0 saturated carbocycles. The average Bonchev–Trinajstić information content (AvgIpc) is 1.89. The Morgan fingerprint density at radius 2 is 1.08 bits per heavy atom. The molecule has 0 aromatic heterocycles. The smallest absolute Gasteiger partial charge is 0 e. The predicted octanol–water partition coefficient (Wildman–Crippen LogP) is 4.22. The van der Waals surface area contributed by atoms with Gasteiger partial charge in [-0.05, 0) is 0 Å². The van der Waals surface area contributed by atoms with Crippen molar-refractivity contribution in [2.24, 2.45) is 0 Å². The molecule has 13 heavy (non-hydrogen) atoms. The molecule has 0 radical (unpaired) electrons. The SMILES string of the molecule is CCCC[N-]CCCC.Cl.Cl.Cl.[Ti]. The van der Waals surface area contributed by atoms with Crippen molar-refractivity contribution in [3.05, 3.63) is 5.32 Å². The summed E-state index contributed by atoms with van der Waals surface area (Å²) in [4.78, 5) is 0. The molecule has 84 valence electrons. The van der Waals surface area contributed by atoms with E-state index in [1.165, 1.54) is 25.7 Å². The Balaban J connectivity index is -0.0000000533. The minimum atomic E-state index is 0. The van der Waals surface area contributed by atoms with Crippen molar-refractivity contribution < 1.29 is 21.7 Å². The van der Waals surface area contributed by atoms with Crippen LogP contribution in [0.4, 0.5) is 0 Å². The van der Waals surface area contributed by atoms with Crippen LogP contribution in [0.2, 0.25) is 0 Å². The molecule has 0 aliphatic rings. The molecule has 0 aromatic rings. The zero-order chi connectivity index (χ0) is 6.95. The van der Waals surface area contributed by atoms with Crippen LogP contribution >= 0.6 is 37.2 Å². The Hall–Kier alpha value is 1.54. The van der Waals surface area contributed by atoms with Gasteiger partial charge in [-0.3, -0.25) is 0 Å². The van der Waals surface area contributed by atoms with Crippen molar-refractivity contribution in [3.63, 3.8) is 0 Å². The molecule has 5 heteroatoms. The predicted molar refractivity (Wildman–Crippen MR) is 64.7 cm³/mol. The van der Waals surface area contributed by atoms with Gasteiger partial charge in [-0.15, -0.1) is 50.3 Å². The fourth-order valence-corrected chi connectivity index (χ4v) is 0.652. The first-order valence-corrected chi connectivity index (χ1v) is 4.05. The molecule has 0 fully saturated rings. The Labute approximate surface area is 116 Å². The van der Waals surface area contributed by atoms with Crippen molar-refractivity contribution in [1.29, 1.82) is 0 Å². The van der Waals surface area contributed by atoms with E-state index < -0.39 is 0 Å². The summed E-state index contributed by atoms with van der Waals surface area (Å²) in [5.74, 6) is 0. The summed E-state index contributed by atoms with van der Waals surface area (Å²) >= 11 is 0. The minimum Gasteiger partial charge on any atom is -0.662 e. The van der Waals surface area contributed by atoms with Crippen molar-refractivity contribution >= 4 is 37.2 Å². The van der Waals surface area contributed by atoms with Crippen LogP contribution in [0.5, 0.6) is 0 Å². The van der Waals surface area contributed by atoms with Crippen LogP contribution in [0.15, 0.2) is 0 Å². The van der Waals surface area contributed by atoms with Gasteiger partial charge >= 0.3 is 0 Å². The molecule has 0 bridgehead atoms. The van der Waals surface area contributed by atoms with Crippen LogP contribution in [-0.2, 0) is 21.7 Å². The first-order valence-electron chi connectivity index (χ1n) is 4.05. The van der Waals surface area contributed by atoms with E-state index in [0.717, 1.165) is 13.1 Å². The summed E-state index contributed by atoms with van der Waals surface area (Å²) < 4.78 is 0. The van der Waals surface area contributed by atoms with Gasteiger partial charge in [-0.25, -0.2) is 0 Å². The third kappa shape index (κ3) is 31.7. The molecule has 0 aromatic carbocycles. The van der Waals surface area contributed by atoms with E-state index >= 15 is 0 Å². The van der Waals surface area contributed by atoms with Crippen molar-refractivity contribution in [3.8, 4) is 0 Å². The van der Waals surface area contributed by atoms with Gasteiger partial charge in [0, 0.05) is 21.7 Å². The normalized spacial score (nSPS) is 6.92. The number of unbranched alkanes of at least 4 members (excludes halogenated alkanes) is 2. The van der Waals surface area contributed by atoms with Gasteiger partial charge in [0.15, 0.2) is 0 Å². The molecular formula is C8H21Cl3NTi-. The number of nitrogens with zero attached hydrogens (tertiary/aromatic N) is 1. The molecule has 0 N–H and O–H groups in total. The van der Waals surface area contributed by atoms with Gasteiger partial charge in [0.2, 0.25) is 0 Å². The molecule has 0 saturated heterocycles. The molecule has 0 amide bonds. The molecule has 0 aliphatic carbocycles. The van der Waals surface area contributed by atoms with Gasteiger partial charge in [0.1, 0.15) is 0 Å². The van der Waals surface area contributed by atoms with Crippen molar-refractivity contribution in [2.75, 3.05) is 13.1 Å². The molecule has 0 unspecified atom stereocenters. The molecule has 0 atom stereocenters. The molecule has 0 spiro atoms. The molecule has 0 heterocycles. The number of hydrogen-bond donors (Lipinski definition) is 0. The topological polar surface area (TPSA) is 14.1 Å². The van der Waals surface area contributed by atoms with Crippen LogP contribution < -0.4 is 0 Å². The van der Waals surface area contributed by atoms with Crippen LogP contribution in [0.25, 0.3) is 5.32 Å². The number of rotatable bonds is 6. The van der Waals surface area contributed by atoms with E-state index in [9.17, 15) is 0 Å². The zero-order valence-electron chi connectivity index (χ0n) is 8.41. The Bertz CT molecular complexity index is 52.7. The van der Waals surface area contributed by atoms with Gasteiger partial charge in [-0.2, -0.15) is 0 Å². The summed E-state index contributed by atoms with van der Waals surface area (Å²) in [6.07, 6.45) is 5.08. The van der Waals surface area contributed by atoms with E-state index in [1.807, 2.05) is 0 Å². The van der Waals surface area contributed by atoms with E-state index in [2.05, 4.69) is 19.2 Å².